The van der Waals surface area contributed by atoms with E-state index in [4.69, 9.17) is 10.8 Å². The standard InChI is InChI=1S/C9H18N2O4/c1-6(2)7(8(12)13)11(5-4-10)9(14)15-3/h6-7H,4-5,10H2,1-3H3,(H,12,13)/t7-/m0/s1. The molecule has 0 aromatic rings. The molecule has 1 amide bonds. The van der Waals surface area contributed by atoms with E-state index in [1.165, 1.54) is 7.11 Å². The largest absolute Gasteiger partial charge is 0.480 e. The summed E-state index contributed by atoms with van der Waals surface area (Å²) in [6.45, 7) is 3.82. The van der Waals surface area contributed by atoms with E-state index in [2.05, 4.69) is 4.74 Å². The highest BCUT2D eigenvalue weighted by Crippen LogP contribution is 2.12. The van der Waals surface area contributed by atoms with Gasteiger partial charge >= 0.3 is 12.1 Å². The Morgan fingerprint density at radius 3 is 2.27 bits per heavy atom. The number of carboxylic acids is 1. The molecular weight excluding hydrogens is 200 g/mol. The van der Waals surface area contributed by atoms with Crippen LogP contribution < -0.4 is 5.73 Å². The summed E-state index contributed by atoms with van der Waals surface area (Å²) in [7, 11) is 1.21. The molecule has 0 spiro atoms. The molecule has 0 aliphatic heterocycles. The van der Waals surface area contributed by atoms with Gasteiger partial charge in [-0.05, 0) is 5.92 Å². The van der Waals surface area contributed by atoms with Crippen molar-refractivity contribution in [2.24, 2.45) is 11.7 Å². The van der Waals surface area contributed by atoms with Gasteiger partial charge in [-0.1, -0.05) is 13.8 Å². The number of methoxy groups -OCH3 is 1. The highest BCUT2D eigenvalue weighted by Gasteiger charge is 2.32. The second-order valence-electron chi connectivity index (χ2n) is 3.48. The van der Waals surface area contributed by atoms with Crippen LogP contribution in [0.25, 0.3) is 0 Å². The van der Waals surface area contributed by atoms with E-state index in [-0.39, 0.29) is 19.0 Å². The zero-order valence-corrected chi connectivity index (χ0v) is 9.27. The molecule has 6 nitrogen and oxygen atoms in total. The number of rotatable bonds is 5. The second-order valence-corrected chi connectivity index (χ2v) is 3.48. The van der Waals surface area contributed by atoms with Gasteiger partial charge in [-0.2, -0.15) is 0 Å². The van der Waals surface area contributed by atoms with Gasteiger partial charge in [0.1, 0.15) is 6.04 Å². The van der Waals surface area contributed by atoms with Crippen molar-refractivity contribution in [1.29, 1.82) is 0 Å². The maximum atomic E-state index is 11.3. The zero-order valence-electron chi connectivity index (χ0n) is 9.27. The fraction of sp³-hybridized carbons (Fsp3) is 0.778. The maximum absolute atomic E-state index is 11.3. The Hall–Kier alpha value is -1.30. The van der Waals surface area contributed by atoms with Crippen molar-refractivity contribution in [2.75, 3.05) is 20.2 Å². The minimum absolute atomic E-state index is 0.168. The molecule has 0 heterocycles. The second kappa shape index (κ2) is 6.23. The van der Waals surface area contributed by atoms with Gasteiger partial charge in [0.05, 0.1) is 7.11 Å². The van der Waals surface area contributed by atoms with Crippen LogP contribution >= 0.6 is 0 Å². The predicted octanol–water partition coefficient (Wildman–Crippen LogP) is 0.123. The molecule has 88 valence electrons. The lowest BCUT2D eigenvalue weighted by Crippen LogP contribution is -2.49. The van der Waals surface area contributed by atoms with Crippen LogP contribution in [0.15, 0.2) is 0 Å². The number of carbonyl (C=O) groups excluding carboxylic acids is 1. The van der Waals surface area contributed by atoms with Crippen LogP contribution in [0.4, 0.5) is 4.79 Å². The molecule has 1 atom stereocenters. The van der Waals surface area contributed by atoms with E-state index in [0.29, 0.717) is 0 Å². The zero-order chi connectivity index (χ0) is 12.0. The van der Waals surface area contributed by atoms with Crippen molar-refractivity contribution >= 4 is 12.1 Å². The third kappa shape index (κ3) is 3.75. The molecule has 0 unspecified atom stereocenters. The molecule has 15 heavy (non-hydrogen) atoms. The van der Waals surface area contributed by atoms with Crippen LogP contribution in [0, 0.1) is 5.92 Å². The Balaban J connectivity index is 4.83. The summed E-state index contributed by atoms with van der Waals surface area (Å²) in [5.41, 5.74) is 5.32. The number of amides is 1. The fourth-order valence-electron chi connectivity index (χ4n) is 1.38. The van der Waals surface area contributed by atoms with Crippen molar-refractivity contribution in [3.05, 3.63) is 0 Å². The van der Waals surface area contributed by atoms with Gasteiger partial charge in [-0.15, -0.1) is 0 Å². The van der Waals surface area contributed by atoms with Crippen LogP contribution in [-0.4, -0.2) is 48.3 Å². The predicted molar refractivity (Wildman–Crippen MR) is 54.4 cm³/mol. The highest BCUT2D eigenvalue weighted by atomic mass is 16.5. The van der Waals surface area contributed by atoms with E-state index in [1.54, 1.807) is 13.8 Å². The first kappa shape index (κ1) is 13.7. The normalized spacial score (nSPS) is 12.3. The number of nitrogens with two attached hydrogens (primary N) is 1. The number of carbonyl (C=O) groups is 2. The van der Waals surface area contributed by atoms with Crippen molar-refractivity contribution in [3.8, 4) is 0 Å². The number of aliphatic carboxylic acids is 1. The number of ether oxygens (including phenoxy) is 1. The molecule has 0 bridgehead atoms. The van der Waals surface area contributed by atoms with Gasteiger partial charge in [-0.25, -0.2) is 9.59 Å². The minimum atomic E-state index is -1.05. The molecule has 0 aromatic carbocycles. The van der Waals surface area contributed by atoms with Crippen molar-refractivity contribution in [2.45, 2.75) is 19.9 Å². The lowest BCUT2D eigenvalue weighted by Gasteiger charge is -2.29. The van der Waals surface area contributed by atoms with Crippen LogP contribution in [-0.2, 0) is 9.53 Å². The Morgan fingerprint density at radius 2 is 2.00 bits per heavy atom. The molecule has 0 aromatic heterocycles. The number of carboxylic acid groups (broad SMARTS) is 1. The van der Waals surface area contributed by atoms with Gasteiger partial charge in [0.2, 0.25) is 0 Å². The number of nitrogens with zero attached hydrogens (tertiary/aromatic N) is 1. The average molecular weight is 218 g/mol. The van der Waals surface area contributed by atoms with Crippen molar-refractivity contribution in [1.82, 2.24) is 4.90 Å². The lowest BCUT2D eigenvalue weighted by atomic mass is 10.0. The SMILES string of the molecule is COC(=O)N(CCN)[C@H](C(=O)O)C(C)C. The molecule has 0 rings (SSSR count). The van der Waals surface area contributed by atoms with Crippen LogP contribution in [0.2, 0.25) is 0 Å². The molecule has 0 aliphatic rings. The first-order valence-electron chi connectivity index (χ1n) is 4.73. The molecule has 0 radical (unpaired) electrons. The Bertz CT molecular complexity index is 230. The average Bonchev–Trinajstić information content (AvgIpc) is 2.14. The van der Waals surface area contributed by atoms with Crippen LogP contribution in [0.3, 0.4) is 0 Å². The molecular formula is C9H18N2O4. The van der Waals surface area contributed by atoms with Gasteiger partial charge in [-0.3, -0.25) is 4.90 Å². The maximum Gasteiger partial charge on any atom is 0.410 e. The molecule has 6 heteroatoms. The lowest BCUT2D eigenvalue weighted by molar-refractivity contribution is -0.144. The molecule has 0 aliphatic carbocycles. The summed E-state index contributed by atoms with van der Waals surface area (Å²) in [5.74, 6) is -1.25. The van der Waals surface area contributed by atoms with Gasteiger partial charge in [0.25, 0.3) is 0 Å². The number of hydrogen-bond acceptors (Lipinski definition) is 4. The molecule has 3 N–H and O–H groups in total. The summed E-state index contributed by atoms with van der Waals surface area (Å²) in [6.07, 6.45) is -0.665. The van der Waals surface area contributed by atoms with Crippen molar-refractivity contribution in [3.63, 3.8) is 0 Å². The minimum Gasteiger partial charge on any atom is -0.480 e. The quantitative estimate of drug-likeness (QED) is 0.683. The fourth-order valence-corrected chi connectivity index (χ4v) is 1.38. The highest BCUT2D eigenvalue weighted by molar-refractivity contribution is 5.80. The summed E-state index contributed by atoms with van der Waals surface area (Å²) in [5, 5.41) is 8.99. The Morgan fingerprint density at radius 1 is 1.47 bits per heavy atom. The topological polar surface area (TPSA) is 92.9 Å². The first-order chi connectivity index (χ1) is 6.95. The first-order valence-corrected chi connectivity index (χ1v) is 4.73. The Kier molecular flexibility index (Phi) is 5.69. The summed E-state index contributed by atoms with van der Waals surface area (Å²) < 4.78 is 4.51. The Labute approximate surface area is 89.0 Å². The summed E-state index contributed by atoms with van der Waals surface area (Å²) in [4.78, 5) is 23.5. The van der Waals surface area contributed by atoms with Crippen LogP contribution in [0.5, 0.6) is 0 Å². The molecule has 0 fully saturated rings. The van der Waals surface area contributed by atoms with E-state index >= 15 is 0 Å². The third-order valence-electron chi connectivity index (χ3n) is 2.00. The summed E-state index contributed by atoms with van der Waals surface area (Å²) in [6, 6.07) is -0.902. The van der Waals surface area contributed by atoms with E-state index < -0.39 is 18.1 Å². The van der Waals surface area contributed by atoms with E-state index in [1.807, 2.05) is 0 Å². The van der Waals surface area contributed by atoms with Crippen molar-refractivity contribution < 1.29 is 19.4 Å². The number of hydrogen-bond donors (Lipinski definition) is 2. The molecule has 0 saturated carbocycles. The molecule has 0 saturated heterocycles. The monoisotopic (exact) mass is 218 g/mol. The third-order valence-corrected chi connectivity index (χ3v) is 2.00. The van der Waals surface area contributed by atoms with Gasteiger partial charge < -0.3 is 15.6 Å². The van der Waals surface area contributed by atoms with Gasteiger partial charge in [0.15, 0.2) is 0 Å². The van der Waals surface area contributed by atoms with Gasteiger partial charge in [0, 0.05) is 13.1 Å². The van der Waals surface area contributed by atoms with E-state index in [9.17, 15) is 9.59 Å². The van der Waals surface area contributed by atoms with Crippen LogP contribution in [0.1, 0.15) is 13.8 Å². The van der Waals surface area contributed by atoms with E-state index in [0.717, 1.165) is 4.90 Å². The summed E-state index contributed by atoms with van der Waals surface area (Å²) >= 11 is 0. The smallest absolute Gasteiger partial charge is 0.410 e.